The predicted octanol–water partition coefficient (Wildman–Crippen LogP) is 5.15. The topological polar surface area (TPSA) is 89.0 Å². The SMILES string of the molecule is CCC1(c2c(N)ccc(Cc3ccc(N)c(C4(CC)COC4)c3C3(CC)COC3)c2C2(CC)COC2)COC1. The number of nitrogens with two attached hydrogens (primary N) is 2. The van der Waals surface area contributed by atoms with Gasteiger partial charge >= 0.3 is 0 Å². The summed E-state index contributed by atoms with van der Waals surface area (Å²) in [7, 11) is 0. The van der Waals surface area contributed by atoms with Crippen molar-refractivity contribution in [2.75, 3.05) is 64.3 Å². The molecule has 39 heavy (non-hydrogen) atoms. The van der Waals surface area contributed by atoms with E-state index < -0.39 is 0 Å². The van der Waals surface area contributed by atoms with E-state index in [-0.39, 0.29) is 21.7 Å². The maximum absolute atomic E-state index is 6.84. The van der Waals surface area contributed by atoms with Gasteiger partial charge in [0.25, 0.3) is 0 Å². The van der Waals surface area contributed by atoms with Crippen LogP contribution in [-0.2, 0) is 47.0 Å². The van der Waals surface area contributed by atoms with Gasteiger partial charge in [-0.3, -0.25) is 0 Å². The second-order valence-electron chi connectivity index (χ2n) is 12.8. The molecule has 0 bridgehead atoms. The summed E-state index contributed by atoms with van der Waals surface area (Å²) in [5.41, 5.74) is 23.6. The third-order valence-electron chi connectivity index (χ3n) is 10.9. The van der Waals surface area contributed by atoms with E-state index in [1.54, 1.807) is 0 Å². The maximum Gasteiger partial charge on any atom is 0.0586 e. The second kappa shape index (κ2) is 9.76. The fourth-order valence-corrected chi connectivity index (χ4v) is 7.67. The number of hydrogen-bond donors (Lipinski definition) is 2. The van der Waals surface area contributed by atoms with Gasteiger partial charge in [-0.25, -0.2) is 0 Å². The lowest BCUT2D eigenvalue weighted by Gasteiger charge is -2.50. The van der Waals surface area contributed by atoms with Gasteiger partial charge in [0, 0.05) is 33.0 Å². The molecule has 2 aromatic carbocycles. The van der Waals surface area contributed by atoms with E-state index in [1.807, 2.05) is 0 Å². The van der Waals surface area contributed by atoms with Crippen LogP contribution < -0.4 is 11.5 Å². The van der Waals surface area contributed by atoms with Crippen LogP contribution in [0.5, 0.6) is 0 Å². The fraction of sp³-hybridized carbons (Fsp3) is 0.636. The summed E-state index contributed by atoms with van der Waals surface area (Å²) in [5, 5.41) is 0. The Kier molecular flexibility index (Phi) is 6.77. The van der Waals surface area contributed by atoms with E-state index >= 15 is 0 Å². The Bertz CT molecular complexity index is 1120. The molecular formula is C33H46N2O4. The molecule has 212 valence electrons. The van der Waals surface area contributed by atoms with Crippen LogP contribution in [0, 0.1) is 0 Å². The van der Waals surface area contributed by atoms with Crippen LogP contribution in [0.2, 0.25) is 0 Å². The zero-order chi connectivity index (χ0) is 27.5. The van der Waals surface area contributed by atoms with Crippen molar-refractivity contribution in [3.05, 3.63) is 57.6 Å². The molecule has 4 aliphatic heterocycles. The molecule has 2 aromatic rings. The lowest BCUT2D eigenvalue weighted by Crippen LogP contribution is -2.53. The number of nitrogen functional groups attached to an aromatic ring is 2. The number of hydrogen-bond acceptors (Lipinski definition) is 6. The molecule has 4 N–H and O–H groups in total. The molecule has 4 heterocycles. The molecule has 0 saturated carbocycles. The average Bonchev–Trinajstić information content (AvgIpc) is 2.83. The van der Waals surface area contributed by atoms with Crippen molar-refractivity contribution in [3.63, 3.8) is 0 Å². The van der Waals surface area contributed by atoms with Gasteiger partial charge in [-0.1, -0.05) is 39.8 Å². The molecule has 6 heteroatoms. The molecule has 0 aromatic heterocycles. The van der Waals surface area contributed by atoms with Gasteiger partial charge in [-0.15, -0.1) is 0 Å². The lowest BCUT2D eigenvalue weighted by molar-refractivity contribution is -0.0759. The predicted molar refractivity (Wildman–Crippen MR) is 156 cm³/mol. The van der Waals surface area contributed by atoms with Crippen molar-refractivity contribution in [1.82, 2.24) is 0 Å². The molecule has 0 spiro atoms. The minimum absolute atomic E-state index is 0.0108. The number of rotatable bonds is 10. The highest BCUT2D eigenvalue weighted by Crippen LogP contribution is 2.52. The standard InChI is InChI=1S/C33H46N2O4/c1-5-30(14-36-15-30)26-22(9-11-24(34)28(26)32(7-3)18-38-19-32)13-23-10-12-25(35)29(33(8-4)20-39-21-33)27(23)31(6-2)16-37-17-31/h9-12H,5-8,13-21,34-35H2,1-4H3. The van der Waals surface area contributed by atoms with Crippen molar-refractivity contribution in [2.45, 2.75) is 81.5 Å². The van der Waals surface area contributed by atoms with E-state index in [0.29, 0.717) is 0 Å². The minimum Gasteiger partial charge on any atom is -0.398 e. The third-order valence-corrected chi connectivity index (χ3v) is 10.9. The zero-order valence-electron chi connectivity index (χ0n) is 24.3. The van der Waals surface area contributed by atoms with Crippen LogP contribution in [0.3, 0.4) is 0 Å². The van der Waals surface area contributed by atoms with Crippen LogP contribution >= 0.6 is 0 Å². The molecule has 0 atom stereocenters. The van der Waals surface area contributed by atoms with Gasteiger partial charge in [0.05, 0.1) is 52.9 Å². The number of benzene rings is 2. The summed E-state index contributed by atoms with van der Waals surface area (Å²) in [4.78, 5) is 0. The van der Waals surface area contributed by atoms with E-state index in [9.17, 15) is 0 Å². The van der Waals surface area contributed by atoms with Crippen LogP contribution in [0.1, 0.15) is 86.8 Å². The summed E-state index contributed by atoms with van der Waals surface area (Å²) in [6.45, 7) is 15.0. The first-order valence-electron chi connectivity index (χ1n) is 15.0. The van der Waals surface area contributed by atoms with E-state index in [0.717, 1.165) is 96.3 Å². The van der Waals surface area contributed by atoms with Crippen LogP contribution in [0.25, 0.3) is 0 Å². The lowest BCUT2D eigenvalue weighted by atomic mass is 9.62. The number of ether oxygens (including phenoxy) is 4. The van der Waals surface area contributed by atoms with Gasteiger partial charge in [0.15, 0.2) is 0 Å². The Morgan fingerprint density at radius 3 is 1.00 bits per heavy atom. The molecule has 0 amide bonds. The van der Waals surface area contributed by atoms with Crippen molar-refractivity contribution in [3.8, 4) is 0 Å². The summed E-state index contributed by atoms with van der Waals surface area (Å²) in [6, 6.07) is 8.84. The van der Waals surface area contributed by atoms with E-state index in [2.05, 4.69) is 52.0 Å². The van der Waals surface area contributed by atoms with Gasteiger partial charge < -0.3 is 30.4 Å². The minimum atomic E-state index is -0.0235. The smallest absolute Gasteiger partial charge is 0.0586 e. The van der Waals surface area contributed by atoms with E-state index in [4.69, 9.17) is 30.4 Å². The van der Waals surface area contributed by atoms with Crippen molar-refractivity contribution in [1.29, 1.82) is 0 Å². The highest BCUT2D eigenvalue weighted by Gasteiger charge is 2.51. The van der Waals surface area contributed by atoms with Crippen LogP contribution in [0.15, 0.2) is 24.3 Å². The quantitative estimate of drug-likeness (QED) is 0.410. The first-order chi connectivity index (χ1) is 18.8. The highest BCUT2D eigenvalue weighted by molar-refractivity contribution is 5.65. The Balaban J connectivity index is 1.56. The molecule has 4 aliphatic rings. The summed E-state index contributed by atoms with van der Waals surface area (Å²) in [5.74, 6) is 0. The first kappa shape index (κ1) is 27.1. The van der Waals surface area contributed by atoms with Gasteiger partial charge in [-0.05, 0) is 77.6 Å². The van der Waals surface area contributed by atoms with Crippen molar-refractivity contribution in [2.24, 2.45) is 0 Å². The summed E-state index contributed by atoms with van der Waals surface area (Å²) < 4.78 is 23.4. The maximum atomic E-state index is 6.84. The monoisotopic (exact) mass is 534 g/mol. The van der Waals surface area contributed by atoms with Crippen molar-refractivity contribution >= 4 is 11.4 Å². The molecule has 6 rings (SSSR count). The van der Waals surface area contributed by atoms with E-state index in [1.165, 1.54) is 33.4 Å². The molecule has 6 nitrogen and oxygen atoms in total. The highest BCUT2D eigenvalue weighted by atomic mass is 16.5. The first-order valence-corrected chi connectivity index (χ1v) is 15.0. The number of anilines is 2. The Hall–Kier alpha value is -2.12. The molecular weight excluding hydrogens is 488 g/mol. The summed E-state index contributed by atoms with van der Waals surface area (Å²) >= 11 is 0. The van der Waals surface area contributed by atoms with Crippen LogP contribution in [-0.4, -0.2) is 52.9 Å². The van der Waals surface area contributed by atoms with Gasteiger partial charge in [0.2, 0.25) is 0 Å². The molecule has 0 aliphatic carbocycles. The largest absolute Gasteiger partial charge is 0.398 e. The normalized spacial score (nSPS) is 23.7. The van der Waals surface area contributed by atoms with Gasteiger partial charge in [-0.2, -0.15) is 0 Å². The summed E-state index contributed by atoms with van der Waals surface area (Å²) in [6.07, 6.45) is 4.93. The average molecular weight is 535 g/mol. The molecule has 0 unspecified atom stereocenters. The Morgan fingerprint density at radius 2 is 0.769 bits per heavy atom. The zero-order valence-corrected chi connectivity index (χ0v) is 24.3. The van der Waals surface area contributed by atoms with Gasteiger partial charge in [0.1, 0.15) is 0 Å². The Morgan fingerprint density at radius 1 is 0.487 bits per heavy atom. The fourth-order valence-electron chi connectivity index (χ4n) is 7.67. The third kappa shape index (κ3) is 3.82. The Labute approximate surface area is 233 Å². The second-order valence-corrected chi connectivity index (χ2v) is 12.8. The molecule has 4 fully saturated rings. The molecule has 0 radical (unpaired) electrons. The van der Waals surface area contributed by atoms with Crippen LogP contribution in [0.4, 0.5) is 11.4 Å². The van der Waals surface area contributed by atoms with Crippen molar-refractivity contribution < 1.29 is 18.9 Å². The molecule has 4 saturated heterocycles.